The van der Waals surface area contributed by atoms with Crippen molar-refractivity contribution in [3.8, 4) is 0 Å². The third-order valence-electron chi connectivity index (χ3n) is 1.98. The predicted octanol–water partition coefficient (Wildman–Crippen LogP) is 1.47. The van der Waals surface area contributed by atoms with Crippen molar-refractivity contribution in [3.05, 3.63) is 0 Å². The number of alkyl carbamates (subject to hydrolysis) is 1. The summed E-state index contributed by atoms with van der Waals surface area (Å²) in [5.41, 5.74) is -0.529. The second kappa shape index (κ2) is 8.36. The molecule has 0 bridgehead atoms. The second-order valence-electron chi connectivity index (χ2n) is 4.82. The molecule has 0 unspecified atom stereocenters. The summed E-state index contributed by atoms with van der Waals surface area (Å²) < 4.78 is 15.4. The van der Waals surface area contributed by atoms with Crippen molar-refractivity contribution in [1.82, 2.24) is 5.32 Å². The minimum Gasteiger partial charge on any atom is -0.444 e. The van der Waals surface area contributed by atoms with Crippen LogP contribution in [0.3, 0.4) is 0 Å². The van der Waals surface area contributed by atoms with E-state index in [2.05, 4.69) is 5.32 Å². The summed E-state index contributed by atoms with van der Waals surface area (Å²) in [4.78, 5) is 11.5. The normalized spacial score (nSPS) is 12.9. The first-order chi connectivity index (χ1) is 7.89. The maximum absolute atomic E-state index is 11.5. The van der Waals surface area contributed by atoms with E-state index in [4.69, 9.17) is 9.84 Å². The first-order valence-corrected chi connectivity index (χ1v) is 6.65. The molecule has 17 heavy (non-hydrogen) atoms. The number of aliphatic hydroxyl groups excluding tert-OH is 1. The Kier molecular flexibility index (Phi) is 7.99. The van der Waals surface area contributed by atoms with Gasteiger partial charge in [0.05, 0.1) is 0 Å². The summed E-state index contributed by atoms with van der Waals surface area (Å²) in [5, 5.41) is 11.6. The van der Waals surface area contributed by atoms with E-state index >= 15 is 0 Å². The molecule has 0 radical (unpaired) electrons. The highest BCUT2D eigenvalue weighted by Gasteiger charge is 2.19. The van der Waals surface area contributed by atoms with Crippen molar-refractivity contribution in [2.75, 3.05) is 12.4 Å². The van der Waals surface area contributed by atoms with Gasteiger partial charge in [-0.3, -0.25) is 0 Å². The molecular weight excluding hydrogens is 242 g/mol. The zero-order chi connectivity index (χ0) is 13.3. The number of carbonyl (C=O) groups is 1. The lowest BCUT2D eigenvalue weighted by Gasteiger charge is -2.23. The van der Waals surface area contributed by atoms with Crippen LogP contribution in [-0.4, -0.2) is 35.2 Å². The molecule has 0 heterocycles. The molecule has 2 N–H and O–H groups in total. The Labute approximate surface area is 106 Å². The van der Waals surface area contributed by atoms with Crippen molar-refractivity contribution >= 4 is 17.8 Å². The molecule has 0 aromatic rings. The number of nitrogens with one attached hydrogen (secondary N) is 1. The Bertz CT molecular complexity index is 240. The lowest BCUT2D eigenvalue weighted by atomic mass is 10.1. The highest BCUT2D eigenvalue weighted by atomic mass is 32.1. The average Bonchev–Trinajstić information content (AvgIpc) is 2.15. The second-order valence-corrected chi connectivity index (χ2v) is 5.46. The number of amides is 1. The van der Waals surface area contributed by atoms with Crippen LogP contribution in [0.5, 0.6) is 0 Å². The molecule has 0 fully saturated rings. The van der Waals surface area contributed by atoms with Crippen molar-refractivity contribution in [2.24, 2.45) is 0 Å². The molecule has 1 atom stereocenters. The maximum Gasteiger partial charge on any atom is 0.458 e. The van der Waals surface area contributed by atoms with E-state index < -0.39 is 11.7 Å². The molecule has 5 nitrogen and oxygen atoms in total. The lowest BCUT2D eigenvalue weighted by molar-refractivity contribution is 0.0494. The topological polar surface area (TPSA) is 75.6 Å². The highest BCUT2D eigenvalue weighted by Crippen LogP contribution is 2.08. The first kappa shape index (κ1) is 16.2. The fourth-order valence-electron chi connectivity index (χ4n) is 1.31. The van der Waals surface area contributed by atoms with Gasteiger partial charge in [-0.2, -0.15) is 0 Å². The Hall–Kier alpha value is -0.750. The van der Waals surface area contributed by atoms with Gasteiger partial charge >= 0.3 is 17.8 Å². The van der Waals surface area contributed by atoms with E-state index in [1.165, 1.54) is 0 Å². The van der Waals surface area contributed by atoms with Crippen LogP contribution in [0.2, 0.25) is 0 Å². The van der Waals surface area contributed by atoms with Gasteiger partial charge in [-0.1, -0.05) is 0 Å². The number of aliphatic hydroxyl groups is 1. The van der Waals surface area contributed by atoms with Crippen LogP contribution in [0.25, 0.3) is 0 Å². The minimum atomic E-state index is -0.529. The average molecular weight is 264 g/mol. The van der Waals surface area contributed by atoms with Crippen molar-refractivity contribution in [3.63, 3.8) is 0 Å². The fraction of sp³-hybridized carbons (Fsp3) is 0.909. The van der Waals surface area contributed by atoms with Gasteiger partial charge in [-0.25, -0.2) is 4.79 Å². The third kappa shape index (κ3) is 10.1. The van der Waals surface area contributed by atoms with Crippen LogP contribution >= 0.6 is 0 Å². The van der Waals surface area contributed by atoms with E-state index in [0.29, 0.717) is 36.7 Å². The molecule has 0 spiro atoms. The van der Waals surface area contributed by atoms with Crippen LogP contribution in [0, 0.1) is 0 Å². The summed E-state index contributed by atoms with van der Waals surface area (Å²) >= 11 is 0.534. The fourth-order valence-corrected chi connectivity index (χ4v) is 1.59. The molecule has 0 aliphatic heterocycles. The Morgan fingerprint density at radius 1 is 1.41 bits per heavy atom. The summed E-state index contributed by atoms with van der Waals surface area (Å²) in [6.07, 6.45) is 1.39. The van der Waals surface area contributed by atoms with Gasteiger partial charge in [0.1, 0.15) is 5.60 Å². The predicted molar refractivity (Wildman–Crippen MR) is 67.0 cm³/mol. The molecule has 0 rings (SSSR count). The maximum atomic E-state index is 11.5. The number of carbonyl (C=O) groups excluding carboxylic acids is 1. The molecule has 6 heteroatoms. The SMILES string of the molecule is CC(C)(C)OC(=O)N[C@@H](CCO)CCC[S+]=O. The zero-order valence-electron chi connectivity index (χ0n) is 10.7. The van der Waals surface area contributed by atoms with Crippen LogP contribution in [0.15, 0.2) is 0 Å². The first-order valence-electron chi connectivity index (χ1n) is 5.74. The molecule has 0 aliphatic carbocycles. The number of hydrogen-bond donors (Lipinski definition) is 2. The van der Waals surface area contributed by atoms with Gasteiger partial charge in [0.2, 0.25) is 5.75 Å². The van der Waals surface area contributed by atoms with Crippen LogP contribution in [0.4, 0.5) is 4.79 Å². The summed E-state index contributed by atoms with van der Waals surface area (Å²) in [7, 11) is 0. The highest BCUT2D eigenvalue weighted by molar-refractivity contribution is 7.65. The van der Waals surface area contributed by atoms with Gasteiger partial charge in [0.15, 0.2) is 0 Å². The Balaban J connectivity index is 4.05. The van der Waals surface area contributed by atoms with E-state index in [1.807, 2.05) is 0 Å². The van der Waals surface area contributed by atoms with Crippen molar-refractivity contribution in [2.45, 2.75) is 51.7 Å². The molecule has 0 aromatic heterocycles. The van der Waals surface area contributed by atoms with Crippen molar-refractivity contribution < 1.29 is 18.8 Å². The number of rotatable bonds is 7. The molecule has 0 saturated heterocycles. The number of hydrogen-bond acceptors (Lipinski definition) is 4. The van der Waals surface area contributed by atoms with Gasteiger partial charge in [-0.15, -0.1) is 0 Å². The summed E-state index contributed by atoms with van der Waals surface area (Å²) in [6.45, 7) is 5.39. The molecule has 0 saturated carbocycles. The lowest BCUT2D eigenvalue weighted by Crippen LogP contribution is -2.39. The molecular formula is C11H22NO4S+. The molecule has 0 aliphatic rings. The Morgan fingerprint density at radius 3 is 2.53 bits per heavy atom. The summed E-state index contributed by atoms with van der Waals surface area (Å²) in [5.74, 6) is 0.512. The molecule has 100 valence electrons. The van der Waals surface area contributed by atoms with Gasteiger partial charge in [0.25, 0.3) is 0 Å². The minimum absolute atomic E-state index is 0.00494. The van der Waals surface area contributed by atoms with Crippen LogP contribution in [-0.2, 0) is 20.6 Å². The van der Waals surface area contributed by atoms with Crippen LogP contribution < -0.4 is 5.32 Å². The van der Waals surface area contributed by atoms with Crippen molar-refractivity contribution in [1.29, 1.82) is 0 Å². The van der Waals surface area contributed by atoms with Crippen LogP contribution in [0.1, 0.15) is 40.0 Å². The largest absolute Gasteiger partial charge is 0.458 e. The molecule has 0 aromatic carbocycles. The van der Waals surface area contributed by atoms with Gasteiger partial charge in [-0.05, 0) is 33.6 Å². The van der Waals surface area contributed by atoms with E-state index in [0.717, 1.165) is 0 Å². The molecule has 1 amide bonds. The monoisotopic (exact) mass is 264 g/mol. The third-order valence-corrected chi connectivity index (χ3v) is 2.43. The Morgan fingerprint density at radius 2 is 2.06 bits per heavy atom. The smallest absolute Gasteiger partial charge is 0.444 e. The zero-order valence-corrected chi connectivity index (χ0v) is 11.5. The number of ether oxygens (including phenoxy) is 1. The summed E-state index contributed by atoms with van der Waals surface area (Å²) in [6, 6.07) is -0.137. The van der Waals surface area contributed by atoms with Gasteiger partial charge < -0.3 is 15.2 Å². The quantitative estimate of drug-likeness (QED) is 0.539. The standard InChI is InChI=1S/C11H21NO4S/c1-11(2,3)16-10(14)12-9(6-7-13)5-4-8-17-15/h9,13H,4-8H2,1-3H3/p+1/t9-/m1/s1. The van der Waals surface area contributed by atoms with E-state index in [9.17, 15) is 9.00 Å². The van der Waals surface area contributed by atoms with E-state index in [-0.39, 0.29) is 12.6 Å². The van der Waals surface area contributed by atoms with E-state index in [1.54, 1.807) is 20.8 Å². The van der Waals surface area contributed by atoms with Gasteiger partial charge in [0, 0.05) is 23.3 Å².